The van der Waals surface area contributed by atoms with Gasteiger partial charge in [0, 0.05) is 13.1 Å². The number of nitrogens with one attached hydrogen (secondary N) is 2. The van der Waals surface area contributed by atoms with Crippen LogP contribution in [0.15, 0.2) is 16.5 Å². The zero-order valence-corrected chi connectivity index (χ0v) is 10.3. The Labute approximate surface area is 109 Å². The van der Waals surface area contributed by atoms with Gasteiger partial charge in [-0.05, 0) is 12.1 Å². The van der Waals surface area contributed by atoms with Crippen LogP contribution < -0.4 is 10.6 Å². The number of hydrogen-bond donors (Lipinski definition) is 3. The summed E-state index contributed by atoms with van der Waals surface area (Å²) >= 11 is 0. The van der Waals surface area contributed by atoms with E-state index in [1.54, 1.807) is 0 Å². The molecule has 0 aliphatic carbocycles. The zero-order chi connectivity index (χ0) is 13.7. The van der Waals surface area contributed by atoms with Crippen molar-refractivity contribution >= 4 is 11.9 Å². The summed E-state index contributed by atoms with van der Waals surface area (Å²) in [4.78, 5) is 22.3. The molecule has 7 heteroatoms. The second-order valence-electron chi connectivity index (χ2n) is 4.25. The number of hydrogen-bond acceptors (Lipinski definition) is 5. The highest BCUT2D eigenvalue weighted by Crippen LogP contribution is 2.08. The first-order valence-corrected chi connectivity index (χ1v) is 6.06. The lowest BCUT2D eigenvalue weighted by Gasteiger charge is -2.22. The molecule has 1 amide bonds. The molecule has 1 unspecified atom stereocenters. The minimum atomic E-state index is -1.13. The summed E-state index contributed by atoms with van der Waals surface area (Å²) < 4.78 is 10.4. The first-order valence-electron chi connectivity index (χ1n) is 6.06. The molecule has 0 radical (unpaired) electrons. The fourth-order valence-corrected chi connectivity index (χ4v) is 1.80. The van der Waals surface area contributed by atoms with Gasteiger partial charge in [0.2, 0.25) is 11.7 Å². The van der Waals surface area contributed by atoms with Gasteiger partial charge in [0.1, 0.15) is 5.76 Å². The van der Waals surface area contributed by atoms with Crippen molar-refractivity contribution in [1.82, 2.24) is 10.6 Å². The molecule has 2 heterocycles. The Hall–Kier alpha value is -1.86. The molecule has 0 bridgehead atoms. The van der Waals surface area contributed by atoms with Crippen LogP contribution in [0.3, 0.4) is 0 Å². The van der Waals surface area contributed by atoms with Gasteiger partial charge in [0.05, 0.1) is 25.7 Å². The Balaban J connectivity index is 1.74. The number of ether oxygens (including phenoxy) is 1. The Morgan fingerprint density at radius 2 is 2.32 bits per heavy atom. The van der Waals surface area contributed by atoms with Crippen LogP contribution in [-0.2, 0) is 16.1 Å². The SMILES string of the molecule is O=C(CC1CNCCO1)NCc1ccc(C(=O)O)o1. The van der Waals surface area contributed by atoms with Crippen molar-refractivity contribution in [2.45, 2.75) is 19.1 Å². The van der Waals surface area contributed by atoms with Crippen molar-refractivity contribution in [1.29, 1.82) is 0 Å². The second-order valence-corrected chi connectivity index (χ2v) is 4.25. The monoisotopic (exact) mass is 268 g/mol. The average Bonchev–Trinajstić information content (AvgIpc) is 2.86. The van der Waals surface area contributed by atoms with Crippen LogP contribution in [0.5, 0.6) is 0 Å². The van der Waals surface area contributed by atoms with E-state index in [1.165, 1.54) is 12.1 Å². The molecule has 0 saturated carbocycles. The Kier molecular flexibility index (Phi) is 4.53. The fourth-order valence-electron chi connectivity index (χ4n) is 1.80. The van der Waals surface area contributed by atoms with Crippen molar-refractivity contribution in [3.63, 3.8) is 0 Å². The standard InChI is InChI=1S/C12H16N2O5/c15-11(5-9-6-13-3-4-18-9)14-7-8-1-2-10(19-8)12(16)17/h1-2,9,13H,3-7H2,(H,14,15)(H,16,17). The molecular formula is C12H16N2O5. The lowest BCUT2D eigenvalue weighted by atomic mass is 10.2. The lowest BCUT2D eigenvalue weighted by molar-refractivity contribution is -0.124. The number of carboxylic acid groups (broad SMARTS) is 1. The molecule has 1 aliphatic heterocycles. The van der Waals surface area contributed by atoms with Gasteiger partial charge in [-0.1, -0.05) is 0 Å². The number of morpholine rings is 1. The third-order valence-electron chi connectivity index (χ3n) is 2.75. The fraction of sp³-hybridized carbons (Fsp3) is 0.500. The Bertz CT molecular complexity index is 451. The maximum absolute atomic E-state index is 11.6. The molecule has 104 valence electrons. The van der Waals surface area contributed by atoms with E-state index < -0.39 is 5.97 Å². The molecule has 1 aromatic heterocycles. The van der Waals surface area contributed by atoms with Crippen molar-refractivity contribution in [3.05, 3.63) is 23.7 Å². The first kappa shape index (κ1) is 13.6. The van der Waals surface area contributed by atoms with Gasteiger partial charge in [0.25, 0.3) is 0 Å². The van der Waals surface area contributed by atoms with Gasteiger partial charge in [-0.2, -0.15) is 0 Å². The first-order chi connectivity index (χ1) is 9.15. The number of aromatic carboxylic acids is 1. The number of carboxylic acids is 1. The molecule has 0 aromatic carbocycles. The smallest absolute Gasteiger partial charge is 0.371 e. The van der Waals surface area contributed by atoms with Crippen molar-refractivity contribution in [2.24, 2.45) is 0 Å². The van der Waals surface area contributed by atoms with Gasteiger partial charge in [-0.15, -0.1) is 0 Å². The zero-order valence-electron chi connectivity index (χ0n) is 10.3. The third kappa shape index (κ3) is 4.08. The van der Waals surface area contributed by atoms with E-state index >= 15 is 0 Å². The predicted octanol–water partition coefficient (Wildman–Crippen LogP) is -0.0275. The molecular weight excluding hydrogens is 252 g/mol. The van der Waals surface area contributed by atoms with Crippen LogP contribution in [0.4, 0.5) is 0 Å². The van der Waals surface area contributed by atoms with E-state index in [1.807, 2.05) is 0 Å². The highest BCUT2D eigenvalue weighted by Gasteiger charge is 2.17. The van der Waals surface area contributed by atoms with E-state index in [0.29, 0.717) is 18.9 Å². The normalized spacial score (nSPS) is 19.1. The van der Waals surface area contributed by atoms with Crippen LogP contribution in [0.1, 0.15) is 22.7 Å². The summed E-state index contributed by atoms with van der Waals surface area (Å²) in [5.74, 6) is -1.00. The number of rotatable bonds is 5. The van der Waals surface area contributed by atoms with Gasteiger partial charge in [-0.25, -0.2) is 4.79 Å². The van der Waals surface area contributed by atoms with Gasteiger partial charge >= 0.3 is 5.97 Å². The van der Waals surface area contributed by atoms with Gasteiger partial charge < -0.3 is 24.9 Å². The molecule has 1 saturated heterocycles. The molecule has 3 N–H and O–H groups in total. The topological polar surface area (TPSA) is 101 Å². The van der Waals surface area contributed by atoms with Crippen LogP contribution in [0, 0.1) is 0 Å². The largest absolute Gasteiger partial charge is 0.475 e. The lowest BCUT2D eigenvalue weighted by Crippen LogP contribution is -2.41. The minimum absolute atomic E-state index is 0.111. The summed E-state index contributed by atoms with van der Waals surface area (Å²) in [5, 5.41) is 14.5. The number of carbonyl (C=O) groups is 2. The van der Waals surface area contributed by atoms with E-state index in [-0.39, 0.29) is 30.7 Å². The van der Waals surface area contributed by atoms with Crippen molar-refractivity contribution in [3.8, 4) is 0 Å². The highest BCUT2D eigenvalue weighted by atomic mass is 16.5. The summed E-state index contributed by atoms with van der Waals surface area (Å²) in [6.07, 6.45) is 0.166. The van der Waals surface area contributed by atoms with Crippen LogP contribution in [0.25, 0.3) is 0 Å². The maximum Gasteiger partial charge on any atom is 0.371 e. The summed E-state index contributed by atoms with van der Waals surface area (Å²) in [7, 11) is 0. The van der Waals surface area contributed by atoms with E-state index in [0.717, 1.165) is 6.54 Å². The molecule has 19 heavy (non-hydrogen) atoms. The van der Waals surface area contributed by atoms with Crippen LogP contribution in [-0.4, -0.2) is 42.8 Å². The quantitative estimate of drug-likeness (QED) is 0.693. The molecule has 0 spiro atoms. The maximum atomic E-state index is 11.6. The minimum Gasteiger partial charge on any atom is -0.475 e. The highest BCUT2D eigenvalue weighted by molar-refractivity contribution is 5.84. The van der Waals surface area contributed by atoms with E-state index in [4.69, 9.17) is 14.3 Å². The Morgan fingerprint density at radius 1 is 1.47 bits per heavy atom. The van der Waals surface area contributed by atoms with Gasteiger partial charge in [-0.3, -0.25) is 4.79 Å². The summed E-state index contributed by atoms with van der Waals surface area (Å²) in [5.41, 5.74) is 0. The van der Waals surface area contributed by atoms with Crippen molar-refractivity contribution in [2.75, 3.05) is 19.7 Å². The Morgan fingerprint density at radius 3 is 2.95 bits per heavy atom. The molecule has 1 fully saturated rings. The summed E-state index contributed by atoms with van der Waals surface area (Å²) in [6.45, 7) is 2.25. The van der Waals surface area contributed by atoms with Gasteiger partial charge in [0.15, 0.2) is 0 Å². The number of furan rings is 1. The third-order valence-corrected chi connectivity index (χ3v) is 2.75. The van der Waals surface area contributed by atoms with Crippen LogP contribution >= 0.6 is 0 Å². The second kappa shape index (κ2) is 6.35. The average molecular weight is 268 g/mol. The van der Waals surface area contributed by atoms with E-state index in [9.17, 15) is 9.59 Å². The van der Waals surface area contributed by atoms with Crippen molar-refractivity contribution < 1.29 is 23.8 Å². The van der Waals surface area contributed by atoms with E-state index in [2.05, 4.69) is 10.6 Å². The number of carbonyl (C=O) groups excluding carboxylic acids is 1. The number of amides is 1. The molecule has 1 atom stereocenters. The van der Waals surface area contributed by atoms with Crippen LogP contribution in [0.2, 0.25) is 0 Å². The molecule has 1 aliphatic rings. The predicted molar refractivity (Wildman–Crippen MR) is 64.7 cm³/mol. The molecule has 2 rings (SSSR count). The summed E-state index contributed by atoms with van der Waals surface area (Å²) in [6, 6.07) is 2.89. The molecule has 1 aromatic rings. The molecule has 7 nitrogen and oxygen atoms in total.